The van der Waals surface area contributed by atoms with E-state index in [2.05, 4.69) is 5.10 Å². The Morgan fingerprint density at radius 3 is 2.50 bits per heavy atom. The summed E-state index contributed by atoms with van der Waals surface area (Å²) in [6, 6.07) is 1.96. The lowest BCUT2D eigenvalue weighted by molar-refractivity contribution is 0.346. The largest absolute Gasteiger partial charge is 0.262 e. The Kier molecular flexibility index (Phi) is 2.14. The van der Waals surface area contributed by atoms with Gasteiger partial charge in [0.05, 0.1) is 22.7 Å². The van der Waals surface area contributed by atoms with Gasteiger partial charge in [-0.1, -0.05) is 0 Å². The number of nitriles is 1. The van der Waals surface area contributed by atoms with Crippen molar-refractivity contribution in [2.75, 3.05) is 0 Å². The second-order valence-electron chi connectivity index (χ2n) is 5.00. The van der Waals surface area contributed by atoms with Gasteiger partial charge in [0, 0.05) is 5.56 Å². The summed E-state index contributed by atoms with van der Waals surface area (Å²) in [5.74, 6) is -0.0599. The van der Waals surface area contributed by atoms with Gasteiger partial charge in [0.15, 0.2) is 15.5 Å². The third-order valence-electron chi connectivity index (χ3n) is 2.55. The molecule has 0 radical (unpaired) electrons. The molecule has 86 valence electrons. The minimum absolute atomic E-state index is 0.00567. The number of fused-ring (bicyclic) bond motifs is 1. The van der Waals surface area contributed by atoms with E-state index in [9.17, 15) is 8.42 Å². The lowest BCUT2D eigenvalue weighted by Gasteiger charge is -2.21. The summed E-state index contributed by atoms with van der Waals surface area (Å²) < 4.78 is 24.7. The smallest absolute Gasteiger partial charge is 0.167 e. The van der Waals surface area contributed by atoms with E-state index in [-0.39, 0.29) is 22.7 Å². The summed E-state index contributed by atoms with van der Waals surface area (Å²) in [5.41, 5.74) is 1.19. The molecule has 6 heteroatoms. The quantitative estimate of drug-likeness (QED) is 0.675. The fourth-order valence-corrected chi connectivity index (χ4v) is 3.47. The van der Waals surface area contributed by atoms with E-state index in [0.717, 1.165) is 0 Å². The summed E-state index contributed by atoms with van der Waals surface area (Å²) in [6.07, 6.45) is 0. The number of aromatic nitrogens is 2. The zero-order valence-electron chi connectivity index (χ0n) is 9.48. The molecular formula is C10H13N3O2S. The van der Waals surface area contributed by atoms with Gasteiger partial charge in [-0.3, -0.25) is 4.68 Å². The maximum atomic E-state index is 11.5. The highest BCUT2D eigenvalue weighted by molar-refractivity contribution is 7.90. The maximum absolute atomic E-state index is 11.5. The van der Waals surface area contributed by atoms with Crippen LogP contribution < -0.4 is 0 Å². The normalized spacial score (nSPS) is 18.1. The minimum atomic E-state index is -3.09. The molecule has 1 aliphatic rings. The first-order valence-electron chi connectivity index (χ1n) is 4.96. The average molecular weight is 239 g/mol. The predicted octanol–water partition coefficient (Wildman–Crippen LogP) is 0.938. The van der Waals surface area contributed by atoms with Gasteiger partial charge in [-0.15, -0.1) is 0 Å². The standard InChI is InChI=1S/C10H13N3O2S/c1-10(2,3)13-9-6-16(14,15)5-7(9)8(4-11)12-13/h5-6H2,1-3H3. The lowest BCUT2D eigenvalue weighted by Crippen LogP contribution is -2.25. The number of rotatable bonds is 0. The van der Waals surface area contributed by atoms with Crippen LogP contribution in [0.15, 0.2) is 0 Å². The van der Waals surface area contributed by atoms with Crippen molar-refractivity contribution in [3.63, 3.8) is 0 Å². The van der Waals surface area contributed by atoms with Crippen LogP contribution in [0.5, 0.6) is 0 Å². The van der Waals surface area contributed by atoms with E-state index in [4.69, 9.17) is 5.26 Å². The molecule has 0 unspecified atom stereocenters. The highest BCUT2D eigenvalue weighted by atomic mass is 32.2. The van der Waals surface area contributed by atoms with Crippen molar-refractivity contribution in [2.24, 2.45) is 0 Å². The fraction of sp³-hybridized carbons (Fsp3) is 0.600. The van der Waals surface area contributed by atoms with Gasteiger partial charge in [-0.25, -0.2) is 8.42 Å². The van der Waals surface area contributed by atoms with Crippen molar-refractivity contribution < 1.29 is 8.42 Å². The van der Waals surface area contributed by atoms with Crippen LogP contribution in [-0.2, 0) is 26.9 Å². The molecule has 0 amide bonds. The minimum Gasteiger partial charge on any atom is -0.262 e. The van der Waals surface area contributed by atoms with Crippen LogP contribution in [0.4, 0.5) is 0 Å². The van der Waals surface area contributed by atoms with Gasteiger partial charge in [0.2, 0.25) is 0 Å². The molecule has 0 saturated carbocycles. The number of nitrogens with zero attached hydrogens (tertiary/aromatic N) is 3. The molecule has 0 spiro atoms. The second kappa shape index (κ2) is 3.08. The highest BCUT2D eigenvalue weighted by Gasteiger charge is 2.35. The fourth-order valence-electron chi connectivity index (χ4n) is 1.91. The Hall–Kier alpha value is -1.35. The molecule has 0 atom stereocenters. The highest BCUT2D eigenvalue weighted by Crippen LogP contribution is 2.31. The Balaban J connectivity index is 2.68. The second-order valence-corrected chi connectivity index (χ2v) is 7.07. The molecule has 2 rings (SSSR count). The molecule has 1 aliphatic heterocycles. The molecule has 5 nitrogen and oxygen atoms in total. The molecule has 16 heavy (non-hydrogen) atoms. The topological polar surface area (TPSA) is 75.8 Å². The summed E-state index contributed by atoms with van der Waals surface area (Å²) in [5, 5.41) is 13.1. The summed E-state index contributed by atoms with van der Waals surface area (Å²) in [6.45, 7) is 5.81. The van der Waals surface area contributed by atoms with Gasteiger partial charge < -0.3 is 0 Å². The maximum Gasteiger partial charge on any atom is 0.167 e. The van der Waals surface area contributed by atoms with E-state index < -0.39 is 9.84 Å². The molecule has 0 saturated heterocycles. The van der Waals surface area contributed by atoms with E-state index in [0.29, 0.717) is 11.3 Å². The molecule has 0 bridgehead atoms. The molecule has 1 aromatic rings. The van der Waals surface area contributed by atoms with Gasteiger partial charge in [0.1, 0.15) is 6.07 Å². The molecule has 0 fully saturated rings. The van der Waals surface area contributed by atoms with Crippen molar-refractivity contribution in [3.05, 3.63) is 17.0 Å². The number of sulfone groups is 1. The molecule has 0 N–H and O–H groups in total. The first-order chi connectivity index (χ1) is 7.24. The number of hydrogen-bond acceptors (Lipinski definition) is 4. The van der Waals surface area contributed by atoms with E-state index >= 15 is 0 Å². The Morgan fingerprint density at radius 2 is 2.00 bits per heavy atom. The molecule has 0 aliphatic carbocycles. The third kappa shape index (κ3) is 1.61. The average Bonchev–Trinajstić information content (AvgIpc) is 2.55. The molecular weight excluding hydrogens is 226 g/mol. The zero-order chi connectivity index (χ0) is 12.1. The van der Waals surface area contributed by atoms with Crippen molar-refractivity contribution in [1.29, 1.82) is 5.26 Å². The van der Waals surface area contributed by atoms with E-state index in [1.165, 1.54) is 0 Å². The van der Waals surface area contributed by atoms with Crippen LogP contribution in [0, 0.1) is 11.3 Å². The monoisotopic (exact) mass is 239 g/mol. The van der Waals surface area contributed by atoms with Crippen molar-refractivity contribution in [1.82, 2.24) is 9.78 Å². The molecule has 1 aromatic heterocycles. The van der Waals surface area contributed by atoms with Crippen LogP contribution >= 0.6 is 0 Å². The van der Waals surface area contributed by atoms with E-state index in [1.54, 1.807) is 4.68 Å². The van der Waals surface area contributed by atoms with Crippen molar-refractivity contribution >= 4 is 9.84 Å². The predicted molar refractivity (Wildman–Crippen MR) is 58.3 cm³/mol. The van der Waals surface area contributed by atoms with Gasteiger partial charge >= 0.3 is 0 Å². The number of hydrogen-bond donors (Lipinski definition) is 0. The third-order valence-corrected chi connectivity index (χ3v) is 3.99. The lowest BCUT2D eigenvalue weighted by atomic mass is 10.1. The molecule has 0 aromatic carbocycles. The Labute approximate surface area is 94.6 Å². The summed E-state index contributed by atoms with van der Waals surface area (Å²) in [7, 11) is -3.09. The molecule has 2 heterocycles. The van der Waals surface area contributed by atoms with Crippen LogP contribution in [0.3, 0.4) is 0 Å². The summed E-state index contributed by atoms with van der Waals surface area (Å²) in [4.78, 5) is 0. The van der Waals surface area contributed by atoms with Crippen LogP contribution in [0.1, 0.15) is 37.7 Å². The van der Waals surface area contributed by atoms with Gasteiger partial charge in [-0.2, -0.15) is 10.4 Å². The first-order valence-corrected chi connectivity index (χ1v) is 6.78. The Bertz CT molecular complexity index is 585. The zero-order valence-corrected chi connectivity index (χ0v) is 10.3. The van der Waals surface area contributed by atoms with Crippen molar-refractivity contribution in [2.45, 2.75) is 37.8 Å². The van der Waals surface area contributed by atoms with E-state index in [1.807, 2.05) is 26.8 Å². The van der Waals surface area contributed by atoms with Crippen LogP contribution in [0.25, 0.3) is 0 Å². The Morgan fingerprint density at radius 1 is 1.38 bits per heavy atom. The first kappa shape index (κ1) is 11.1. The van der Waals surface area contributed by atoms with Gasteiger partial charge in [0.25, 0.3) is 0 Å². The van der Waals surface area contributed by atoms with Crippen LogP contribution in [-0.4, -0.2) is 18.2 Å². The van der Waals surface area contributed by atoms with Crippen LogP contribution in [0.2, 0.25) is 0 Å². The SMILES string of the molecule is CC(C)(C)n1nc(C#N)c2c1CS(=O)(=O)C2. The summed E-state index contributed by atoms with van der Waals surface area (Å²) >= 11 is 0. The van der Waals surface area contributed by atoms with Crippen molar-refractivity contribution in [3.8, 4) is 6.07 Å². The van der Waals surface area contributed by atoms with Gasteiger partial charge in [-0.05, 0) is 20.8 Å².